The summed E-state index contributed by atoms with van der Waals surface area (Å²) < 4.78 is 18.5. The molecule has 1 unspecified atom stereocenters. The van der Waals surface area contributed by atoms with Crippen LogP contribution in [0.5, 0.6) is 5.75 Å². The van der Waals surface area contributed by atoms with Crippen molar-refractivity contribution < 1.29 is 9.13 Å². The molecule has 1 aromatic rings. The maximum Gasteiger partial charge on any atom is 0.165 e. The fourth-order valence-corrected chi connectivity index (χ4v) is 1.87. The van der Waals surface area contributed by atoms with Gasteiger partial charge in [0.15, 0.2) is 11.6 Å². The molecule has 0 saturated heterocycles. The van der Waals surface area contributed by atoms with Gasteiger partial charge in [0, 0.05) is 0 Å². The Bertz CT molecular complexity index is 438. The maximum atomic E-state index is 13.6. The summed E-state index contributed by atoms with van der Waals surface area (Å²) in [5, 5.41) is 12.2. The molecule has 0 aliphatic heterocycles. The van der Waals surface area contributed by atoms with Crippen LogP contribution in [0.4, 0.5) is 4.39 Å². The molecule has 0 aliphatic rings. The van der Waals surface area contributed by atoms with Gasteiger partial charge in [0.05, 0.1) is 24.6 Å². The van der Waals surface area contributed by atoms with Crippen molar-refractivity contribution in [3.05, 3.63) is 29.6 Å². The second-order valence-corrected chi connectivity index (χ2v) is 4.45. The van der Waals surface area contributed by atoms with Gasteiger partial charge in [-0.1, -0.05) is 6.07 Å². The van der Waals surface area contributed by atoms with Gasteiger partial charge in [-0.3, -0.25) is 0 Å². The zero-order chi connectivity index (χ0) is 13.1. The van der Waals surface area contributed by atoms with E-state index in [0.717, 1.165) is 5.56 Å². The molecule has 0 bridgehead atoms. The third kappa shape index (κ3) is 2.75. The van der Waals surface area contributed by atoms with Crippen LogP contribution in [0.25, 0.3) is 0 Å². The molecule has 92 valence electrons. The number of ether oxygens (including phenoxy) is 1. The van der Waals surface area contributed by atoms with Crippen molar-refractivity contribution in [3.63, 3.8) is 0 Å². The normalized spacial score (nSPS) is 12.9. The molecule has 0 aromatic heterocycles. The SMILES string of the molecule is CNC(c1ccc(OC)c(F)c1)C(C)(C)C#N. The standard InChI is InChI=1S/C13H17FN2O/c1-13(2,8-15)12(16-3)9-5-6-11(17-4)10(14)7-9/h5-7,12,16H,1-4H3. The van der Waals surface area contributed by atoms with Crippen molar-refractivity contribution >= 4 is 0 Å². The Morgan fingerprint density at radius 1 is 1.47 bits per heavy atom. The third-order valence-corrected chi connectivity index (χ3v) is 2.81. The van der Waals surface area contributed by atoms with Crippen LogP contribution in [-0.4, -0.2) is 14.2 Å². The molecule has 1 rings (SSSR count). The van der Waals surface area contributed by atoms with E-state index in [9.17, 15) is 4.39 Å². The highest BCUT2D eigenvalue weighted by Crippen LogP contribution is 2.33. The number of hydrogen-bond acceptors (Lipinski definition) is 3. The molecule has 4 heteroatoms. The second-order valence-electron chi connectivity index (χ2n) is 4.45. The van der Waals surface area contributed by atoms with E-state index in [4.69, 9.17) is 10.00 Å². The van der Waals surface area contributed by atoms with Crippen LogP contribution in [0.3, 0.4) is 0 Å². The summed E-state index contributed by atoms with van der Waals surface area (Å²) in [7, 11) is 3.18. The first-order chi connectivity index (χ1) is 7.96. The zero-order valence-electron chi connectivity index (χ0n) is 10.5. The Hall–Kier alpha value is -1.60. The quantitative estimate of drug-likeness (QED) is 0.874. The third-order valence-electron chi connectivity index (χ3n) is 2.81. The monoisotopic (exact) mass is 236 g/mol. The molecule has 0 aliphatic carbocycles. The smallest absolute Gasteiger partial charge is 0.165 e. The van der Waals surface area contributed by atoms with Gasteiger partial charge in [-0.25, -0.2) is 4.39 Å². The first-order valence-corrected chi connectivity index (χ1v) is 5.38. The van der Waals surface area contributed by atoms with Gasteiger partial charge in [-0.2, -0.15) is 5.26 Å². The fourth-order valence-electron chi connectivity index (χ4n) is 1.87. The summed E-state index contributed by atoms with van der Waals surface area (Å²) in [4.78, 5) is 0. The number of nitriles is 1. The Morgan fingerprint density at radius 2 is 2.12 bits per heavy atom. The van der Waals surface area contributed by atoms with Crippen LogP contribution >= 0.6 is 0 Å². The second kappa shape index (κ2) is 5.15. The molecular weight excluding hydrogens is 219 g/mol. The van der Waals surface area contributed by atoms with E-state index in [0.29, 0.717) is 0 Å². The Balaban J connectivity index is 3.15. The van der Waals surface area contributed by atoms with Gasteiger partial charge in [0.25, 0.3) is 0 Å². The minimum Gasteiger partial charge on any atom is -0.494 e. The van der Waals surface area contributed by atoms with E-state index in [2.05, 4.69) is 11.4 Å². The highest BCUT2D eigenvalue weighted by Gasteiger charge is 2.30. The van der Waals surface area contributed by atoms with Crippen molar-refractivity contribution in [2.24, 2.45) is 5.41 Å². The first kappa shape index (κ1) is 13.5. The average Bonchev–Trinajstić information content (AvgIpc) is 2.30. The van der Waals surface area contributed by atoms with E-state index in [-0.39, 0.29) is 11.8 Å². The molecule has 1 aromatic carbocycles. The van der Waals surface area contributed by atoms with E-state index < -0.39 is 11.2 Å². The van der Waals surface area contributed by atoms with E-state index in [1.54, 1.807) is 19.2 Å². The summed E-state index contributed by atoms with van der Waals surface area (Å²) in [6.45, 7) is 3.63. The molecule has 0 radical (unpaired) electrons. The fraction of sp³-hybridized carbons (Fsp3) is 0.462. The van der Waals surface area contributed by atoms with Gasteiger partial charge < -0.3 is 10.1 Å². The van der Waals surface area contributed by atoms with Crippen LogP contribution in [0.1, 0.15) is 25.5 Å². The van der Waals surface area contributed by atoms with Gasteiger partial charge in [0.2, 0.25) is 0 Å². The van der Waals surface area contributed by atoms with Crippen molar-refractivity contribution in [1.29, 1.82) is 5.26 Å². The minimum absolute atomic E-state index is 0.207. The molecular formula is C13H17FN2O. The summed E-state index contributed by atoms with van der Waals surface area (Å²) in [6, 6.07) is 6.73. The molecule has 0 amide bonds. The van der Waals surface area contributed by atoms with Gasteiger partial charge in [-0.15, -0.1) is 0 Å². The average molecular weight is 236 g/mol. The summed E-state index contributed by atoms with van der Waals surface area (Å²) in [5.74, 6) is -0.211. The van der Waals surface area contributed by atoms with E-state index in [1.807, 2.05) is 13.8 Å². The highest BCUT2D eigenvalue weighted by atomic mass is 19.1. The topological polar surface area (TPSA) is 45.0 Å². The van der Waals surface area contributed by atoms with E-state index in [1.165, 1.54) is 13.2 Å². The Morgan fingerprint density at radius 3 is 2.53 bits per heavy atom. The van der Waals surface area contributed by atoms with Crippen molar-refractivity contribution in [3.8, 4) is 11.8 Å². The largest absolute Gasteiger partial charge is 0.494 e. The van der Waals surface area contributed by atoms with Crippen molar-refractivity contribution in [2.75, 3.05) is 14.2 Å². The van der Waals surface area contributed by atoms with Crippen molar-refractivity contribution in [2.45, 2.75) is 19.9 Å². The van der Waals surface area contributed by atoms with Crippen LogP contribution in [0.15, 0.2) is 18.2 Å². The molecule has 0 saturated carbocycles. The number of benzene rings is 1. The summed E-state index contributed by atoms with van der Waals surface area (Å²) in [5.41, 5.74) is 0.118. The number of nitrogens with zero attached hydrogens (tertiary/aromatic N) is 1. The molecule has 3 nitrogen and oxygen atoms in total. The van der Waals surface area contributed by atoms with Crippen LogP contribution in [-0.2, 0) is 0 Å². The lowest BCUT2D eigenvalue weighted by atomic mass is 9.82. The molecule has 0 spiro atoms. The summed E-state index contributed by atoms with van der Waals surface area (Å²) in [6.07, 6.45) is 0. The van der Waals surface area contributed by atoms with Gasteiger partial charge >= 0.3 is 0 Å². The maximum absolute atomic E-state index is 13.6. The molecule has 1 N–H and O–H groups in total. The number of nitrogens with one attached hydrogen (secondary N) is 1. The first-order valence-electron chi connectivity index (χ1n) is 5.38. The van der Waals surface area contributed by atoms with Crippen LogP contribution < -0.4 is 10.1 Å². The predicted octanol–water partition coefficient (Wildman–Crippen LogP) is 2.64. The molecule has 17 heavy (non-hydrogen) atoms. The number of methoxy groups -OCH3 is 1. The lowest BCUT2D eigenvalue weighted by Crippen LogP contribution is -2.30. The minimum atomic E-state index is -0.615. The number of halogens is 1. The lowest BCUT2D eigenvalue weighted by molar-refractivity contribution is 0.340. The Kier molecular flexibility index (Phi) is 4.08. The van der Waals surface area contributed by atoms with Crippen molar-refractivity contribution in [1.82, 2.24) is 5.32 Å². The lowest BCUT2D eigenvalue weighted by Gasteiger charge is -2.28. The van der Waals surface area contributed by atoms with Crippen LogP contribution in [0.2, 0.25) is 0 Å². The van der Waals surface area contributed by atoms with Gasteiger partial charge in [0.1, 0.15) is 0 Å². The number of rotatable bonds is 4. The van der Waals surface area contributed by atoms with E-state index >= 15 is 0 Å². The summed E-state index contributed by atoms with van der Waals surface area (Å²) >= 11 is 0. The molecule has 1 atom stereocenters. The highest BCUT2D eigenvalue weighted by molar-refractivity contribution is 5.32. The van der Waals surface area contributed by atoms with Crippen LogP contribution in [0, 0.1) is 22.6 Å². The molecule has 0 heterocycles. The zero-order valence-corrected chi connectivity index (χ0v) is 10.5. The van der Waals surface area contributed by atoms with Gasteiger partial charge in [-0.05, 0) is 38.6 Å². The molecule has 0 fully saturated rings. The Labute approximate surface area is 101 Å². The number of hydrogen-bond donors (Lipinski definition) is 1. The predicted molar refractivity (Wildman–Crippen MR) is 64.1 cm³/mol.